The Kier molecular flexibility index (Phi) is 6.41. The van der Waals surface area contributed by atoms with Crippen LogP contribution in [0.15, 0.2) is 9.98 Å². The standard InChI is InChI=1S/C10H21N3/c1-9(11-3)8-10(2)12-6-7-13(4)5/h6-8H2,1-5H3. The van der Waals surface area contributed by atoms with Gasteiger partial charge in [-0.1, -0.05) is 0 Å². The summed E-state index contributed by atoms with van der Waals surface area (Å²) in [5.41, 5.74) is 2.32. The zero-order valence-corrected chi connectivity index (χ0v) is 9.46. The monoisotopic (exact) mass is 183 g/mol. The van der Waals surface area contributed by atoms with Crippen LogP contribution in [0.2, 0.25) is 0 Å². The molecule has 0 aliphatic carbocycles. The fourth-order valence-electron chi connectivity index (χ4n) is 0.946. The molecule has 76 valence electrons. The number of rotatable bonds is 5. The Hall–Kier alpha value is -0.700. The van der Waals surface area contributed by atoms with Crippen molar-refractivity contribution in [1.29, 1.82) is 0 Å². The van der Waals surface area contributed by atoms with Gasteiger partial charge in [-0.15, -0.1) is 0 Å². The number of aliphatic imine (C=N–C) groups is 2. The first-order valence-corrected chi connectivity index (χ1v) is 4.63. The summed E-state index contributed by atoms with van der Waals surface area (Å²) < 4.78 is 0. The van der Waals surface area contributed by atoms with Crippen LogP contribution >= 0.6 is 0 Å². The highest BCUT2D eigenvalue weighted by Crippen LogP contribution is 1.90. The first-order valence-electron chi connectivity index (χ1n) is 4.63. The predicted molar refractivity (Wildman–Crippen MR) is 60.2 cm³/mol. The van der Waals surface area contributed by atoms with Crippen LogP contribution in [-0.2, 0) is 0 Å². The van der Waals surface area contributed by atoms with Gasteiger partial charge < -0.3 is 4.90 Å². The Morgan fingerprint density at radius 1 is 1.15 bits per heavy atom. The van der Waals surface area contributed by atoms with E-state index in [-0.39, 0.29) is 0 Å². The first-order chi connectivity index (χ1) is 6.06. The minimum atomic E-state index is 0.885. The summed E-state index contributed by atoms with van der Waals surface area (Å²) in [5.74, 6) is 0. The highest BCUT2D eigenvalue weighted by Gasteiger charge is 1.94. The predicted octanol–water partition coefficient (Wildman–Crippen LogP) is 1.49. The molecule has 0 aliphatic rings. The van der Waals surface area contributed by atoms with Gasteiger partial charge >= 0.3 is 0 Å². The highest BCUT2D eigenvalue weighted by molar-refractivity contribution is 6.02. The van der Waals surface area contributed by atoms with Gasteiger partial charge in [0.05, 0.1) is 6.54 Å². The molecule has 0 aromatic rings. The van der Waals surface area contributed by atoms with E-state index in [4.69, 9.17) is 0 Å². The normalized spacial score (nSPS) is 14.0. The van der Waals surface area contributed by atoms with Crippen molar-refractivity contribution in [2.75, 3.05) is 34.2 Å². The number of likely N-dealkylation sites (N-methyl/N-ethyl adjacent to an activating group) is 1. The molecule has 0 aromatic carbocycles. The third-order valence-corrected chi connectivity index (χ3v) is 1.82. The van der Waals surface area contributed by atoms with Crippen LogP contribution in [0.5, 0.6) is 0 Å². The second-order valence-electron chi connectivity index (χ2n) is 3.56. The average Bonchev–Trinajstić information content (AvgIpc) is 2.03. The second kappa shape index (κ2) is 6.78. The molecule has 0 heterocycles. The SMILES string of the molecule is CN=C(C)CC(C)=NCCN(C)C. The average molecular weight is 183 g/mol. The van der Waals surface area contributed by atoms with E-state index >= 15 is 0 Å². The van der Waals surface area contributed by atoms with Crippen LogP contribution in [-0.4, -0.2) is 50.6 Å². The molecule has 0 radical (unpaired) electrons. The van der Waals surface area contributed by atoms with E-state index in [0.717, 1.165) is 25.2 Å². The molecule has 3 heteroatoms. The Bertz CT molecular complexity index is 192. The number of hydrogen-bond acceptors (Lipinski definition) is 3. The van der Waals surface area contributed by atoms with Crippen LogP contribution in [0.3, 0.4) is 0 Å². The van der Waals surface area contributed by atoms with E-state index in [1.165, 1.54) is 5.71 Å². The van der Waals surface area contributed by atoms with E-state index < -0.39 is 0 Å². The molecule has 0 N–H and O–H groups in total. The van der Waals surface area contributed by atoms with Gasteiger partial charge in [-0.25, -0.2) is 0 Å². The first kappa shape index (κ1) is 12.3. The molecule has 0 saturated carbocycles. The molecule has 0 aliphatic heterocycles. The van der Waals surface area contributed by atoms with E-state index in [2.05, 4.69) is 35.9 Å². The van der Waals surface area contributed by atoms with Crippen LogP contribution in [0.25, 0.3) is 0 Å². The molecule has 0 aromatic heterocycles. The van der Waals surface area contributed by atoms with E-state index in [1.54, 1.807) is 0 Å². The van der Waals surface area contributed by atoms with Gasteiger partial charge in [0, 0.05) is 31.4 Å². The maximum absolute atomic E-state index is 4.45. The minimum Gasteiger partial charge on any atom is -0.308 e. The Morgan fingerprint density at radius 3 is 2.23 bits per heavy atom. The van der Waals surface area contributed by atoms with E-state index in [9.17, 15) is 0 Å². The van der Waals surface area contributed by atoms with E-state index in [0.29, 0.717) is 0 Å². The lowest BCUT2D eigenvalue weighted by Crippen LogP contribution is -2.16. The Morgan fingerprint density at radius 2 is 1.77 bits per heavy atom. The van der Waals surface area contributed by atoms with Crippen molar-refractivity contribution in [3.63, 3.8) is 0 Å². The summed E-state index contributed by atoms with van der Waals surface area (Å²) in [6, 6.07) is 0. The van der Waals surface area contributed by atoms with Crippen LogP contribution < -0.4 is 0 Å². The number of nitrogens with zero attached hydrogens (tertiary/aromatic N) is 3. The summed E-state index contributed by atoms with van der Waals surface area (Å²) in [6.07, 6.45) is 0.907. The van der Waals surface area contributed by atoms with Crippen molar-refractivity contribution >= 4 is 11.4 Å². The van der Waals surface area contributed by atoms with Gasteiger partial charge in [-0.05, 0) is 27.9 Å². The summed E-state index contributed by atoms with van der Waals surface area (Å²) in [6.45, 7) is 5.99. The summed E-state index contributed by atoms with van der Waals surface area (Å²) in [5, 5.41) is 0. The Labute approximate surface area is 81.6 Å². The Balaban J connectivity index is 3.76. The van der Waals surface area contributed by atoms with Crippen molar-refractivity contribution in [2.45, 2.75) is 20.3 Å². The molecule has 0 rings (SSSR count). The van der Waals surface area contributed by atoms with Crippen LogP contribution in [0.1, 0.15) is 20.3 Å². The zero-order valence-electron chi connectivity index (χ0n) is 9.46. The lowest BCUT2D eigenvalue weighted by Gasteiger charge is -2.06. The van der Waals surface area contributed by atoms with Gasteiger partial charge in [-0.3, -0.25) is 9.98 Å². The van der Waals surface area contributed by atoms with Gasteiger partial charge in [0.1, 0.15) is 0 Å². The third kappa shape index (κ3) is 7.65. The molecule has 0 saturated heterocycles. The molecular weight excluding hydrogens is 162 g/mol. The molecule has 0 atom stereocenters. The van der Waals surface area contributed by atoms with Crippen molar-refractivity contribution < 1.29 is 0 Å². The maximum Gasteiger partial charge on any atom is 0.0515 e. The van der Waals surface area contributed by atoms with Gasteiger partial charge in [0.15, 0.2) is 0 Å². The third-order valence-electron chi connectivity index (χ3n) is 1.82. The van der Waals surface area contributed by atoms with Gasteiger partial charge in [0.25, 0.3) is 0 Å². The van der Waals surface area contributed by atoms with Gasteiger partial charge in [0.2, 0.25) is 0 Å². The molecule has 0 spiro atoms. The fourth-order valence-corrected chi connectivity index (χ4v) is 0.946. The molecule has 0 fully saturated rings. The van der Waals surface area contributed by atoms with Gasteiger partial charge in [-0.2, -0.15) is 0 Å². The van der Waals surface area contributed by atoms with Crippen molar-refractivity contribution in [2.24, 2.45) is 9.98 Å². The quantitative estimate of drug-likeness (QED) is 0.593. The lowest BCUT2D eigenvalue weighted by molar-refractivity contribution is 0.420. The summed E-state index contributed by atoms with van der Waals surface area (Å²) in [4.78, 5) is 10.7. The largest absolute Gasteiger partial charge is 0.308 e. The molecule has 0 amide bonds. The zero-order chi connectivity index (χ0) is 10.3. The van der Waals surface area contributed by atoms with Crippen LogP contribution in [0.4, 0.5) is 0 Å². The summed E-state index contributed by atoms with van der Waals surface area (Å²) in [7, 11) is 5.94. The molecule has 13 heavy (non-hydrogen) atoms. The van der Waals surface area contributed by atoms with E-state index in [1.807, 2.05) is 14.0 Å². The minimum absolute atomic E-state index is 0.885. The van der Waals surface area contributed by atoms with Crippen LogP contribution in [0, 0.1) is 0 Å². The topological polar surface area (TPSA) is 28.0 Å². The molecule has 0 unspecified atom stereocenters. The van der Waals surface area contributed by atoms with Crippen molar-refractivity contribution in [1.82, 2.24) is 4.90 Å². The lowest BCUT2D eigenvalue weighted by atomic mass is 10.2. The maximum atomic E-state index is 4.45. The molecular formula is C10H21N3. The fraction of sp³-hybridized carbons (Fsp3) is 0.800. The molecule has 0 bridgehead atoms. The highest BCUT2D eigenvalue weighted by atomic mass is 15.1. The van der Waals surface area contributed by atoms with Crippen molar-refractivity contribution in [3.8, 4) is 0 Å². The molecule has 3 nitrogen and oxygen atoms in total. The number of hydrogen-bond donors (Lipinski definition) is 0. The smallest absolute Gasteiger partial charge is 0.0515 e. The summed E-state index contributed by atoms with van der Waals surface area (Å²) >= 11 is 0. The second-order valence-corrected chi connectivity index (χ2v) is 3.56. The van der Waals surface area contributed by atoms with Crippen molar-refractivity contribution in [3.05, 3.63) is 0 Å².